The van der Waals surface area contributed by atoms with Crippen LogP contribution in [0.5, 0.6) is 0 Å². The molecule has 2 N–H and O–H groups in total. The third-order valence-electron chi connectivity index (χ3n) is 1.56. The molecule has 19 heavy (non-hydrogen) atoms. The van der Waals surface area contributed by atoms with Crippen LogP contribution in [-0.2, 0) is 65.4 Å². The summed E-state index contributed by atoms with van der Waals surface area (Å²) in [6.07, 6.45) is 16.0. The zero-order valence-electron chi connectivity index (χ0n) is 11.9. The van der Waals surface area contributed by atoms with Crippen LogP contribution in [0.3, 0.4) is 0 Å². The molecule has 2 radical (unpaired) electrons. The molecule has 0 rings (SSSR count). The molecule has 3 nitrogen and oxygen atoms in total. The average molecular weight is 408 g/mol. The van der Waals surface area contributed by atoms with Gasteiger partial charge in [0.2, 0.25) is 0 Å². The first-order chi connectivity index (χ1) is 8.06. The van der Waals surface area contributed by atoms with Gasteiger partial charge in [0.05, 0.1) is 0 Å². The molecule has 0 saturated heterocycles. The van der Waals surface area contributed by atoms with Gasteiger partial charge in [-0.2, -0.15) is 24.1 Å². The van der Waals surface area contributed by atoms with Crippen LogP contribution in [0.4, 0.5) is 0 Å². The summed E-state index contributed by atoms with van der Waals surface area (Å²) in [6, 6.07) is 0. The Morgan fingerprint density at radius 1 is 1.32 bits per heavy atom. The number of aliphatic imine (C=N–C) groups is 1. The molecule has 0 aliphatic rings. The van der Waals surface area contributed by atoms with Crippen molar-refractivity contribution in [2.45, 2.75) is 27.7 Å². The normalized spacial score (nSPS) is 13.1. The van der Waals surface area contributed by atoms with Crippen molar-refractivity contribution >= 4 is 6.21 Å². The summed E-state index contributed by atoms with van der Waals surface area (Å²) in [5, 5.41) is 11.8. The number of nitrogens with one attached hydrogen (secondary N) is 1. The van der Waals surface area contributed by atoms with E-state index in [1.54, 1.807) is 25.2 Å². The van der Waals surface area contributed by atoms with E-state index in [9.17, 15) is 5.11 Å². The summed E-state index contributed by atoms with van der Waals surface area (Å²) >= 11 is 0. The molecular weight excluding hydrogens is 390 g/mol. The van der Waals surface area contributed by atoms with Crippen molar-refractivity contribution in [3.63, 3.8) is 0 Å². The number of nitrogens with zero attached hydrogens (tertiary/aromatic N) is 1. The minimum Gasteiger partial charge on any atom is -0.585 e. The molecule has 0 saturated carbocycles. The summed E-state index contributed by atoms with van der Waals surface area (Å²) in [4.78, 5) is 3.95. The topological polar surface area (TPSA) is 44.6 Å². The molecule has 0 aliphatic carbocycles. The van der Waals surface area contributed by atoms with E-state index in [-0.39, 0.29) is 77.2 Å². The maximum Gasteiger partial charge on any atom is 0 e. The van der Waals surface area contributed by atoms with Gasteiger partial charge < -0.3 is 27.6 Å². The molecule has 0 spiro atoms. The number of aliphatic hydroxyl groups is 1. The molecule has 0 unspecified atom stereocenters. The van der Waals surface area contributed by atoms with Crippen molar-refractivity contribution in [1.29, 1.82) is 0 Å². The van der Waals surface area contributed by atoms with Crippen LogP contribution in [0.2, 0.25) is 0 Å². The SMILES string of the molecule is C[C-]=C(C)N=[C-]/C=C/C=[C-]NC(O)=[C-]C(C)C.[Y].[Y]. The van der Waals surface area contributed by atoms with E-state index >= 15 is 0 Å². The van der Waals surface area contributed by atoms with Crippen molar-refractivity contribution in [3.05, 3.63) is 48.2 Å². The number of aliphatic hydroxyl groups excluding tert-OH is 1. The molecule has 0 aromatic carbocycles. The fraction of sp³-hybridized carbons (Fsp3) is 0.357. The zero-order chi connectivity index (χ0) is 13.1. The molecule has 0 atom stereocenters. The van der Waals surface area contributed by atoms with Crippen molar-refractivity contribution in [2.75, 3.05) is 0 Å². The van der Waals surface area contributed by atoms with E-state index in [2.05, 4.69) is 34.9 Å². The Bertz CT molecular complexity index is 356. The first-order valence-corrected chi connectivity index (χ1v) is 5.36. The Labute approximate surface area is 167 Å². The quantitative estimate of drug-likeness (QED) is 0.234. The molecule has 0 aromatic heterocycles. The zero-order valence-corrected chi connectivity index (χ0v) is 17.5. The van der Waals surface area contributed by atoms with Crippen LogP contribution < -0.4 is 5.32 Å². The number of rotatable bonds is 6. The first kappa shape index (κ1) is 24.5. The van der Waals surface area contributed by atoms with Gasteiger partial charge in [0.15, 0.2) is 0 Å². The number of allylic oxidation sites excluding steroid dienone is 6. The molecule has 0 heterocycles. The minimum atomic E-state index is -0.0262. The van der Waals surface area contributed by atoms with Crippen LogP contribution in [0.1, 0.15) is 27.7 Å². The summed E-state index contributed by atoms with van der Waals surface area (Å²) in [5.41, 5.74) is 0.785. The molecule has 5 heteroatoms. The van der Waals surface area contributed by atoms with Gasteiger partial charge in [-0.1, -0.05) is 20.1 Å². The fourth-order valence-electron chi connectivity index (χ4n) is 0.749. The maximum atomic E-state index is 9.27. The Hall–Kier alpha value is 0.438. The Kier molecular flexibility index (Phi) is 21.2. The van der Waals surface area contributed by atoms with Crippen molar-refractivity contribution in [1.82, 2.24) is 5.32 Å². The van der Waals surface area contributed by atoms with Gasteiger partial charge in [-0.3, -0.25) is 0 Å². The van der Waals surface area contributed by atoms with Gasteiger partial charge in [0, 0.05) is 65.4 Å². The second-order valence-electron chi connectivity index (χ2n) is 3.52. The van der Waals surface area contributed by atoms with Gasteiger partial charge in [-0.25, -0.2) is 12.6 Å². The van der Waals surface area contributed by atoms with Crippen molar-refractivity contribution < 1.29 is 70.5 Å². The first-order valence-electron chi connectivity index (χ1n) is 5.36. The number of hydrogen-bond acceptors (Lipinski definition) is 3. The Balaban J connectivity index is -0.00000128. The summed E-state index contributed by atoms with van der Waals surface area (Å²) in [5.74, 6) is 0.141. The van der Waals surface area contributed by atoms with Crippen LogP contribution in [0.15, 0.2) is 34.8 Å². The maximum absolute atomic E-state index is 9.27. The van der Waals surface area contributed by atoms with Crippen molar-refractivity contribution in [3.8, 4) is 0 Å². The third kappa shape index (κ3) is 18.4. The Morgan fingerprint density at radius 3 is 2.47 bits per heavy atom. The Morgan fingerprint density at radius 2 is 1.95 bits per heavy atom. The van der Waals surface area contributed by atoms with Gasteiger partial charge >= 0.3 is 0 Å². The van der Waals surface area contributed by atoms with E-state index in [4.69, 9.17) is 0 Å². The molecular formula is C14H18N2OY2-4. The van der Waals surface area contributed by atoms with E-state index < -0.39 is 0 Å². The average Bonchev–Trinajstić information content (AvgIpc) is 2.26. The molecule has 0 fully saturated rings. The van der Waals surface area contributed by atoms with Crippen LogP contribution >= 0.6 is 0 Å². The van der Waals surface area contributed by atoms with E-state index in [0.29, 0.717) is 0 Å². The number of hydrogen-bond donors (Lipinski definition) is 2. The van der Waals surface area contributed by atoms with Crippen molar-refractivity contribution in [2.24, 2.45) is 10.9 Å². The predicted octanol–water partition coefficient (Wildman–Crippen LogP) is 2.98. The minimum absolute atomic E-state index is 0. The largest absolute Gasteiger partial charge is 0.585 e. The molecule has 0 bridgehead atoms. The molecule has 0 aromatic rings. The van der Waals surface area contributed by atoms with Gasteiger partial charge in [-0.05, 0) is 0 Å². The van der Waals surface area contributed by atoms with Crippen LogP contribution in [0.25, 0.3) is 0 Å². The van der Waals surface area contributed by atoms with Crippen LogP contribution in [-0.4, -0.2) is 11.3 Å². The van der Waals surface area contributed by atoms with Crippen LogP contribution in [0, 0.1) is 24.3 Å². The van der Waals surface area contributed by atoms with Gasteiger partial charge in [-0.15, -0.1) is 19.0 Å². The third-order valence-corrected chi connectivity index (χ3v) is 1.56. The molecule has 100 valence electrons. The van der Waals surface area contributed by atoms with E-state index in [1.807, 2.05) is 20.8 Å². The predicted molar refractivity (Wildman–Crippen MR) is 69.9 cm³/mol. The van der Waals surface area contributed by atoms with Gasteiger partial charge in [0.1, 0.15) is 0 Å². The second-order valence-corrected chi connectivity index (χ2v) is 3.52. The van der Waals surface area contributed by atoms with Gasteiger partial charge in [0.25, 0.3) is 0 Å². The van der Waals surface area contributed by atoms with E-state index in [0.717, 1.165) is 5.70 Å². The van der Waals surface area contributed by atoms with E-state index in [1.165, 1.54) is 0 Å². The smallest absolute Gasteiger partial charge is 0 e. The molecule has 0 aliphatic heterocycles. The molecule has 0 amide bonds. The second kappa shape index (κ2) is 16.5. The summed E-state index contributed by atoms with van der Waals surface area (Å²) < 4.78 is 0. The standard InChI is InChI=1S/C14H18N2O.2Y/c1-5-13(4)15-9-7-6-8-10-16-14(17)11-12(2)3;;/h6-8,12,16-17H,1-4H3;;/q-4;;/b7-6+;;. The monoisotopic (exact) mass is 408 g/mol. The fourth-order valence-corrected chi connectivity index (χ4v) is 0.749. The summed E-state index contributed by atoms with van der Waals surface area (Å²) in [6.45, 7) is 7.48. The summed E-state index contributed by atoms with van der Waals surface area (Å²) in [7, 11) is 0.